The Morgan fingerprint density at radius 3 is 2.08 bits per heavy atom. The van der Waals surface area contributed by atoms with E-state index in [1.165, 1.54) is 4.90 Å². The third-order valence-electron chi connectivity index (χ3n) is 6.16. The molecule has 4 aromatic carbocycles. The summed E-state index contributed by atoms with van der Waals surface area (Å²) in [6.45, 7) is 0. The summed E-state index contributed by atoms with van der Waals surface area (Å²) in [4.78, 5) is 27.8. The molecule has 0 saturated carbocycles. The molecule has 0 unspecified atom stereocenters. The molecule has 0 aromatic heterocycles. The number of likely N-dealkylation sites (N-methyl/N-ethyl adjacent to an activating group) is 1. The predicted octanol–water partition coefficient (Wildman–Crippen LogP) is 4.59. The van der Waals surface area contributed by atoms with E-state index < -0.39 is 28.2 Å². The highest BCUT2D eigenvalue weighted by molar-refractivity contribution is 7.91. The monoisotopic (exact) mass is 558 g/mol. The van der Waals surface area contributed by atoms with Crippen LogP contribution in [0.2, 0.25) is 0 Å². The van der Waals surface area contributed by atoms with Crippen LogP contribution in [0.1, 0.15) is 5.56 Å². The number of benzene rings is 4. The number of hydrogen-bond donors (Lipinski definition) is 3. The zero-order valence-electron chi connectivity index (χ0n) is 22.1. The van der Waals surface area contributed by atoms with E-state index in [1.54, 1.807) is 62.7 Å². The van der Waals surface area contributed by atoms with E-state index in [-0.39, 0.29) is 6.42 Å². The fraction of sp³-hybridized carbons (Fsp3) is 0.133. The molecule has 1 atom stereocenters. The molecule has 0 fully saturated rings. The van der Waals surface area contributed by atoms with Gasteiger partial charge in [0.2, 0.25) is 5.91 Å². The fourth-order valence-corrected chi connectivity index (χ4v) is 4.96. The molecule has 0 aliphatic heterocycles. The minimum absolute atomic E-state index is 0.151. The molecule has 9 nitrogen and oxygen atoms in total. The molecule has 0 aliphatic rings. The minimum atomic E-state index is -4.34. The van der Waals surface area contributed by atoms with Gasteiger partial charge in [-0.2, -0.15) is 8.42 Å². The number of carbonyl (C=O) groups is 2. The van der Waals surface area contributed by atoms with Crippen molar-refractivity contribution >= 4 is 33.5 Å². The van der Waals surface area contributed by atoms with Crippen LogP contribution >= 0.6 is 0 Å². The van der Waals surface area contributed by atoms with E-state index in [4.69, 9.17) is 4.74 Å². The van der Waals surface area contributed by atoms with Crippen LogP contribution in [0.25, 0.3) is 11.1 Å². The van der Waals surface area contributed by atoms with Crippen molar-refractivity contribution < 1.29 is 22.7 Å². The van der Waals surface area contributed by atoms with Crippen molar-refractivity contribution in [1.82, 2.24) is 10.0 Å². The van der Waals surface area contributed by atoms with Crippen LogP contribution in [0.4, 0.5) is 16.2 Å². The van der Waals surface area contributed by atoms with Gasteiger partial charge in [-0.3, -0.25) is 9.52 Å². The first-order valence-corrected chi connectivity index (χ1v) is 13.9. The second-order valence-electron chi connectivity index (χ2n) is 8.93. The average molecular weight is 559 g/mol. The number of nitrogens with zero attached hydrogens (tertiary/aromatic N) is 1. The SMILES string of the molecule is COc1ccc(N(C)C(=O)[C@H](Cc2ccccc2)NC(=O)NS(=O)(=O)Nc2ccccc2-c2ccccc2)cc1. The number of carbonyl (C=O) groups excluding carboxylic acids is 2. The van der Waals surface area contributed by atoms with E-state index in [1.807, 2.05) is 65.4 Å². The number of ether oxygens (including phenoxy) is 1. The second-order valence-corrected chi connectivity index (χ2v) is 10.3. The topological polar surface area (TPSA) is 117 Å². The van der Waals surface area contributed by atoms with Gasteiger partial charge < -0.3 is 15.0 Å². The highest BCUT2D eigenvalue weighted by atomic mass is 32.2. The van der Waals surface area contributed by atoms with Crippen LogP contribution in [0.3, 0.4) is 0 Å². The first kappa shape index (κ1) is 28.2. The van der Waals surface area contributed by atoms with Crippen LogP contribution in [-0.4, -0.2) is 40.6 Å². The van der Waals surface area contributed by atoms with E-state index in [0.717, 1.165) is 11.1 Å². The lowest BCUT2D eigenvalue weighted by atomic mass is 10.0. The van der Waals surface area contributed by atoms with Crippen molar-refractivity contribution in [2.24, 2.45) is 0 Å². The molecule has 10 heteroatoms. The molecule has 40 heavy (non-hydrogen) atoms. The summed E-state index contributed by atoms with van der Waals surface area (Å²) < 4.78 is 35.4. The maximum absolute atomic E-state index is 13.5. The van der Waals surface area contributed by atoms with Crippen molar-refractivity contribution in [3.63, 3.8) is 0 Å². The van der Waals surface area contributed by atoms with Gasteiger partial charge in [0.25, 0.3) is 0 Å². The van der Waals surface area contributed by atoms with Crippen molar-refractivity contribution in [1.29, 1.82) is 0 Å². The lowest BCUT2D eigenvalue weighted by molar-refractivity contribution is -0.120. The third kappa shape index (κ3) is 7.39. The van der Waals surface area contributed by atoms with Gasteiger partial charge in [0.15, 0.2) is 0 Å². The van der Waals surface area contributed by atoms with Crippen LogP contribution in [0.15, 0.2) is 109 Å². The Kier molecular flexibility index (Phi) is 9.03. The number of methoxy groups -OCH3 is 1. The molecule has 4 rings (SSSR count). The molecule has 0 saturated heterocycles. The Morgan fingerprint density at radius 1 is 0.825 bits per heavy atom. The maximum atomic E-state index is 13.5. The number of nitrogens with one attached hydrogen (secondary N) is 3. The van der Waals surface area contributed by atoms with E-state index in [0.29, 0.717) is 22.7 Å². The molecule has 3 amide bonds. The molecular formula is C30H30N4O5S. The molecule has 0 aliphatic carbocycles. The van der Waals surface area contributed by atoms with Gasteiger partial charge in [-0.05, 0) is 41.5 Å². The molecule has 0 bridgehead atoms. The van der Waals surface area contributed by atoms with Gasteiger partial charge in [0.05, 0.1) is 12.8 Å². The standard InChI is InChI=1S/C30H30N4O5S/c1-34(24-17-19-25(39-2)20-18-24)29(35)28(21-22-11-5-3-6-12-22)31-30(36)33-40(37,38)32-27-16-10-9-15-26(27)23-13-7-4-8-14-23/h3-20,28,32H,21H2,1-2H3,(H2,31,33,36)/t28-/m0/s1. The normalized spacial score (nSPS) is 11.7. The lowest BCUT2D eigenvalue weighted by Crippen LogP contribution is -2.53. The Labute approximate surface area is 234 Å². The number of urea groups is 1. The average Bonchev–Trinajstić information content (AvgIpc) is 2.97. The maximum Gasteiger partial charge on any atom is 0.330 e. The predicted molar refractivity (Wildman–Crippen MR) is 156 cm³/mol. The summed E-state index contributed by atoms with van der Waals surface area (Å²) in [7, 11) is -1.21. The minimum Gasteiger partial charge on any atom is -0.497 e. The van der Waals surface area contributed by atoms with Crippen LogP contribution in [0, 0.1) is 0 Å². The second kappa shape index (κ2) is 12.8. The number of anilines is 2. The van der Waals surface area contributed by atoms with Crippen molar-refractivity contribution in [2.75, 3.05) is 23.8 Å². The first-order chi connectivity index (χ1) is 19.3. The Bertz CT molecular complexity index is 1550. The van der Waals surface area contributed by atoms with Crippen molar-refractivity contribution in [3.05, 3.63) is 115 Å². The molecule has 3 N–H and O–H groups in total. The van der Waals surface area contributed by atoms with Gasteiger partial charge in [-0.15, -0.1) is 0 Å². The summed E-state index contributed by atoms with van der Waals surface area (Å²) in [5.41, 5.74) is 3.12. The number of rotatable bonds is 10. The highest BCUT2D eigenvalue weighted by Gasteiger charge is 2.27. The molecule has 0 radical (unpaired) electrons. The van der Waals surface area contributed by atoms with E-state index in [2.05, 4.69) is 10.0 Å². The fourth-order valence-electron chi connectivity index (χ4n) is 4.14. The van der Waals surface area contributed by atoms with Crippen LogP contribution in [-0.2, 0) is 21.4 Å². The molecule has 4 aromatic rings. The van der Waals surface area contributed by atoms with Gasteiger partial charge in [-0.1, -0.05) is 78.9 Å². The Balaban J connectivity index is 1.50. The summed E-state index contributed by atoms with van der Waals surface area (Å²) in [6, 6.07) is 30.0. The number of para-hydroxylation sites is 1. The molecule has 206 valence electrons. The quantitative estimate of drug-likeness (QED) is 0.263. The summed E-state index contributed by atoms with van der Waals surface area (Å²) in [6.07, 6.45) is 0.151. The van der Waals surface area contributed by atoms with E-state index >= 15 is 0 Å². The van der Waals surface area contributed by atoms with Gasteiger partial charge in [0.1, 0.15) is 11.8 Å². The van der Waals surface area contributed by atoms with Crippen molar-refractivity contribution in [3.8, 4) is 16.9 Å². The molecular weight excluding hydrogens is 528 g/mol. The largest absolute Gasteiger partial charge is 0.497 e. The van der Waals surface area contributed by atoms with Gasteiger partial charge in [0, 0.05) is 24.7 Å². The zero-order valence-corrected chi connectivity index (χ0v) is 22.9. The van der Waals surface area contributed by atoms with E-state index in [9.17, 15) is 18.0 Å². The Hall–Kier alpha value is -4.83. The highest BCUT2D eigenvalue weighted by Crippen LogP contribution is 2.28. The van der Waals surface area contributed by atoms with Crippen LogP contribution in [0.5, 0.6) is 5.75 Å². The van der Waals surface area contributed by atoms with Crippen molar-refractivity contribution in [2.45, 2.75) is 12.5 Å². The summed E-state index contributed by atoms with van der Waals surface area (Å²) in [5.74, 6) is 0.207. The van der Waals surface area contributed by atoms with Gasteiger partial charge >= 0.3 is 16.2 Å². The smallest absolute Gasteiger partial charge is 0.330 e. The molecule has 0 spiro atoms. The molecule has 0 heterocycles. The Morgan fingerprint density at radius 2 is 1.43 bits per heavy atom. The van der Waals surface area contributed by atoms with Crippen LogP contribution < -0.4 is 24.4 Å². The third-order valence-corrected chi connectivity index (χ3v) is 7.10. The first-order valence-electron chi connectivity index (χ1n) is 12.5. The zero-order chi connectivity index (χ0) is 28.5. The lowest BCUT2D eigenvalue weighted by Gasteiger charge is -2.25. The summed E-state index contributed by atoms with van der Waals surface area (Å²) in [5, 5.41) is 2.54. The summed E-state index contributed by atoms with van der Waals surface area (Å²) >= 11 is 0. The number of hydrogen-bond acceptors (Lipinski definition) is 5. The number of amides is 3. The van der Waals surface area contributed by atoms with Gasteiger partial charge in [-0.25, -0.2) is 9.52 Å².